The Bertz CT molecular complexity index is 441. The molecule has 16 heavy (non-hydrogen) atoms. The van der Waals surface area contributed by atoms with Crippen molar-refractivity contribution in [3.05, 3.63) is 23.8 Å². The Morgan fingerprint density at radius 2 is 2.00 bits per heavy atom. The van der Waals surface area contributed by atoms with Crippen molar-refractivity contribution in [2.45, 2.75) is 12.3 Å². The maximum Gasteiger partial charge on any atom is 0.307 e. The van der Waals surface area contributed by atoms with Crippen molar-refractivity contribution in [3.8, 4) is 11.5 Å². The van der Waals surface area contributed by atoms with Crippen LogP contribution in [0.25, 0.3) is 0 Å². The van der Waals surface area contributed by atoms with E-state index in [0.717, 1.165) is 23.5 Å². The van der Waals surface area contributed by atoms with Crippen LogP contribution in [0.2, 0.25) is 0 Å². The molecule has 0 amide bonds. The minimum Gasteiger partial charge on any atom is -0.486 e. The number of fused-ring (bicyclic) bond motifs is 1. The molecule has 1 aliphatic carbocycles. The van der Waals surface area contributed by atoms with Crippen molar-refractivity contribution in [2.75, 3.05) is 13.2 Å². The molecule has 1 aliphatic heterocycles. The third-order valence-corrected chi connectivity index (χ3v) is 3.10. The van der Waals surface area contributed by atoms with Gasteiger partial charge in [-0.05, 0) is 30.0 Å². The van der Waals surface area contributed by atoms with Gasteiger partial charge < -0.3 is 14.6 Å². The van der Waals surface area contributed by atoms with E-state index in [4.69, 9.17) is 14.6 Å². The van der Waals surface area contributed by atoms with Crippen LogP contribution in [0.5, 0.6) is 11.5 Å². The van der Waals surface area contributed by atoms with Crippen molar-refractivity contribution in [2.24, 2.45) is 5.92 Å². The number of benzene rings is 1. The second kappa shape index (κ2) is 3.40. The van der Waals surface area contributed by atoms with E-state index in [9.17, 15) is 4.79 Å². The highest BCUT2D eigenvalue weighted by Crippen LogP contribution is 2.49. The minimum atomic E-state index is -0.708. The van der Waals surface area contributed by atoms with Crippen molar-refractivity contribution in [1.82, 2.24) is 0 Å². The van der Waals surface area contributed by atoms with Gasteiger partial charge in [-0.1, -0.05) is 6.07 Å². The van der Waals surface area contributed by atoms with E-state index in [2.05, 4.69) is 0 Å². The second-order valence-electron chi connectivity index (χ2n) is 4.19. The van der Waals surface area contributed by atoms with Gasteiger partial charge in [-0.15, -0.1) is 0 Å². The minimum absolute atomic E-state index is 0.147. The number of aliphatic carboxylic acids is 1. The Labute approximate surface area is 92.8 Å². The predicted octanol–water partition coefficient (Wildman–Crippen LogP) is 1.65. The Morgan fingerprint density at radius 3 is 2.69 bits per heavy atom. The number of hydrogen-bond acceptors (Lipinski definition) is 3. The van der Waals surface area contributed by atoms with E-state index in [1.165, 1.54) is 0 Å². The van der Waals surface area contributed by atoms with E-state index >= 15 is 0 Å². The van der Waals surface area contributed by atoms with Gasteiger partial charge in [0.25, 0.3) is 0 Å². The topological polar surface area (TPSA) is 55.8 Å². The highest BCUT2D eigenvalue weighted by molar-refractivity contribution is 5.75. The number of carboxylic acid groups (broad SMARTS) is 1. The number of ether oxygens (including phenoxy) is 2. The summed E-state index contributed by atoms with van der Waals surface area (Å²) >= 11 is 0. The van der Waals surface area contributed by atoms with Crippen LogP contribution in [0, 0.1) is 5.92 Å². The Kier molecular flexibility index (Phi) is 2.02. The van der Waals surface area contributed by atoms with Crippen LogP contribution in [0.4, 0.5) is 0 Å². The van der Waals surface area contributed by atoms with Gasteiger partial charge in [0.15, 0.2) is 11.5 Å². The molecule has 2 aliphatic rings. The van der Waals surface area contributed by atoms with Crippen molar-refractivity contribution < 1.29 is 19.4 Å². The van der Waals surface area contributed by atoms with Gasteiger partial charge >= 0.3 is 5.97 Å². The summed E-state index contributed by atoms with van der Waals surface area (Å²) in [7, 11) is 0. The zero-order valence-corrected chi connectivity index (χ0v) is 8.68. The molecule has 84 valence electrons. The molecule has 2 atom stereocenters. The molecule has 1 aromatic carbocycles. The Balaban J connectivity index is 1.85. The fourth-order valence-corrected chi connectivity index (χ4v) is 2.13. The summed E-state index contributed by atoms with van der Waals surface area (Å²) in [6, 6.07) is 5.70. The fourth-order valence-electron chi connectivity index (χ4n) is 2.13. The largest absolute Gasteiger partial charge is 0.486 e. The molecule has 0 unspecified atom stereocenters. The molecule has 0 bridgehead atoms. The van der Waals surface area contributed by atoms with E-state index in [0.29, 0.717) is 13.2 Å². The quantitative estimate of drug-likeness (QED) is 0.823. The molecule has 1 heterocycles. The lowest BCUT2D eigenvalue weighted by Gasteiger charge is -2.18. The SMILES string of the molecule is O=C(O)[C@@H]1C[C@@H]1c1ccc2c(c1)OCCO2. The second-order valence-corrected chi connectivity index (χ2v) is 4.19. The summed E-state index contributed by atoms with van der Waals surface area (Å²) in [5.41, 5.74) is 1.04. The van der Waals surface area contributed by atoms with Gasteiger partial charge in [0, 0.05) is 0 Å². The Hall–Kier alpha value is -1.71. The monoisotopic (exact) mass is 220 g/mol. The van der Waals surface area contributed by atoms with Crippen LogP contribution in [0.3, 0.4) is 0 Å². The third kappa shape index (κ3) is 1.50. The van der Waals surface area contributed by atoms with E-state index in [1.807, 2.05) is 18.2 Å². The molecule has 4 heteroatoms. The molecule has 0 radical (unpaired) electrons. The van der Waals surface area contributed by atoms with Crippen LogP contribution in [0.15, 0.2) is 18.2 Å². The van der Waals surface area contributed by atoms with Gasteiger partial charge in [0.05, 0.1) is 5.92 Å². The smallest absolute Gasteiger partial charge is 0.307 e. The average molecular weight is 220 g/mol. The zero-order chi connectivity index (χ0) is 11.1. The molecule has 3 rings (SSSR count). The van der Waals surface area contributed by atoms with Gasteiger partial charge in [0.2, 0.25) is 0 Å². The third-order valence-electron chi connectivity index (χ3n) is 3.10. The maximum absolute atomic E-state index is 10.8. The molecule has 0 spiro atoms. The van der Waals surface area contributed by atoms with Crippen LogP contribution < -0.4 is 9.47 Å². The van der Waals surface area contributed by atoms with E-state index < -0.39 is 5.97 Å². The molecule has 4 nitrogen and oxygen atoms in total. The lowest BCUT2D eigenvalue weighted by molar-refractivity contribution is -0.138. The van der Waals surface area contributed by atoms with Gasteiger partial charge in [-0.3, -0.25) is 4.79 Å². The molecule has 1 N–H and O–H groups in total. The molecule has 1 saturated carbocycles. The Morgan fingerprint density at radius 1 is 1.25 bits per heavy atom. The lowest BCUT2D eigenvalue weighted by Crippen LogP contribution is -2.15. The van der Waals surface area contributed by atoms with Crippen molar-refractivity contribution in [1.29, 1.82) is 0 Å². The number of carboxylic acids is 1. The van der Waals surface area contributed by atoms with Crippen molar-refractivity contribution in [3.63, 3.8) is 0 Å². The number of carbonyl (C=O) groups is 1. The van der Waals surface area contributed by atoms with Crippen molar-refractivity contribution >= 4 is 5.97 Å². The normalized spacial score (nSPS) is 26.2. The zero-order valence-electron chi connectivity index (χ0n) is 8.68. The van der Waals surface area contributed by atoms with E-state index in [1.54, 1.807) is 0 Å². The van der Waals surface area contributed by atoms with Gasteiger partial charge in [-0.2, -0.15) is 0 Å². The number of hydrogen-bond donors (Lipinski definition) is 1. The van der Waals surface area contributed by atoms with Gasteiger partial charge in [0.1, 0.15) is 13.2 Å². The molecular formula is C12H12O4. The first-order valence-electron chi connectivity index (χ1n) is 5.38. The first-order chi connectivity index (χ1) is 7.75. The highest BCUT2D eigenvalue weighted by atomic mass is 16.6. The summed E-state index contributed by atoms with van der Waals surface area (Å²) in [5.74, 6) is 0.707. The molecule has 0 aromatic heterocycles. The first kappa shape index (κ1) is 9.51. The van der Waals surface area contributed by atoms with Crippen LogP contribution in [0.1, 0.15) is 17.9 Å². The predicted molar refractivity (Wildman–Crippen MR) is 55.9 cm³/mol. The summed E-state index contributed by atoms with van der Waals surface area (Å²) in [6.45, 7) is 1.14. The lowest BCUT2D eigenvalue weighted by atomic mass is 10.1. The maximum atomic E-state index is 10.8. The molecule has 0 saturated heterocycles. The first-order valence-corrected chi connectivity index (χ1v) is 5.38. The van der Waals surface area contributed by atoms with Crippen LogP contribution in [-0.2, 0) is 4.79 Å². The standard InChI is InChI=1S/C12H12O4/c13-12(14)9-6-8(9)7-1-2-10-11(5-7)16-4-3-15-10/h1-2,5,8-9H,3-4,6H2,(H,13,14)/t8-,9-/m1/s1. The van der Waals surface area contributed by atoms with E-state index in [-0.39, 0.29) is 11.8 Å². The highest BCUT2D eigenvalue weighted by Gasteiger charge is 2.44. The average Bonchev–Trinajstić information content (AvgIpc) is 3.08. The molecule has 1 fully saturated rings. The molecule has 1 aromatic rings. The summed E-state index contributed by atoms with van der Waals surface area (Å²) in [5, 5.41) is 8.87. The van der Waals surface area contributed by atoms with Gasteiger partial charge in [-0.25, -0.2) is 0 Å². The van der Waals surface area contributed by atoms with Crippen LogP contribution in [-0.4, -0.2) is 24.3 Å². The summed E-state index contributed by atoms with van der Waals surface area (Å²) in [6.07, 6.45) is 0.731. The summed E-state index contributed by atoms with van der Waals surface area (Å²) in [4.78, 5) is 10.8. The summed E-state index contributed by atoms with van der Waals surface area (Å²) < 4.78 is 10.9. The molecular weight excluding hydrogens is 208 g/mol. The van der Waals surface area contributed by atoms with Crippen LogP contribution >= 0.6 is 0 Å². The fraction of sp³-hybridized carbons (Fsp3) is 0.417. The number of rotatable bonds is 2.